The third-order valence-corrected chi connectivity index (χ3v) is 10.9. The molecule has 3 heteroatoms. The fourth-order valence-corrected chi connectivity index (χ4v) is 8.64. The first-order valence-electron chi connectivity index (χ1n) is 16.6. The third kappa shape index (κ3) is 4.55. The molecule has 0 fully saturated rings. The quantitative estimate of drug-likeness (QED) is 0.179. The van der Waals surface area contributed by atoms with Gasteiger partial charge in [0.1, 0.15) is 0 Å². The lowest BCUT2D eigenvalue weighted by atomic mass is 9.90. The van der Waals surface area contributed by atoms with Crippen LogP contribution in [0.4, 0.5) is 0 Å². The molecule has 0 amide bonds. The van der Waals surface area contributed by atoms with E-state index in [1.807, 2.05) is 23.5 Å². The van der Waals surface area contributed by atoms with Gasteiger partial charge in [0.05, 0.1) is 11.4 Å². The molecule has 0 unspecified atom stereocenters. The molecule has 0 saturated heterocycles. The molecule has 0 radical (unpaired) electrons. The van der Waals surface area contributed by atoms with E-state index in [0.717, 1.165) is 33.9 Å². The largest absolute Gasteiger partial charge is 0.228 e. The first-order chi connectivity index (χ1) is 24.3. The minimum Gasteiger partial charge on any atom is -0.228 e. The maximum Gasteiger partial charge on any atom is 0.161 e. The Morgan fingerprint density at radius 3 is 1.45 bits per heavy atom. The summed E-state index contributed by atoms with van der Waals surface area (Å²) in [5, 5.41) is 10.2. The number of thiophene rings is 1. The van der Waals surface area contributed by atoms with Crippen molar-refractivity contribution in [2.45, 2.75) is 0 Å². The van der Waals surface area contributed by atoms with Crippen LogP contribution in [-0.2, 0) is 0 Å². The molecule has 0 bridgehead atoms. The molecule has 0 aliphatic heterocycles. The lowest BCUT2D eigenvalue weighted by Crippen LogP contribution is -1.96. The van der Waals surface area contributed by atoms with Crippen LogP contribution in [0.1, 0.15) is 0 Å². The van der Waals surface area contributed by atoms with Crippen LogP contribution in [0, 0.1) is 0 Å². The van der Waals surface area contributed by atoms with Crippen LogP contribution in [-0.4, -0.2) is 9.97 Å². The van der Waals surface area contributed by atoms with E-state index in [1.54, 1.807) is 0 Å². The molecule has 2 heterocycles. The fraction of sp³-hybridized carbons (Fsp3) is 0. The van der Waals surface area contributed by atoms with Gasteiger partial charge in [0.25, 0.3) is 0 Å². The van der Waals surface area contributed by atoms with Gasteiger partial charge < -0.3 is 0 Å². The predicted molar refractivity (Wildman–Crippen MR) is 209 cm³/mol. The normalized spacial score (nSPS) is 11.7. The minimum absolute atomic E-state index is 0.735. The van der Waals surface area contributed by atoms with Gasteiger partial charge in [-0.2, -0.15) is 0 Å². The fourth-order valence-electron chi connectivity index (χ4n) is 7.40. The van der Waals surface area contributed by atoms with Gasteiger partial charge in [-0.05, 0) is 67.7 Å². The molecule has 2 nitrogen and oxygen atoms in total. The molecule has 0 aliphatic carbocycles. The van der Waals surface area contributed by atoms with Crippen molar-refractivity contribution >= 4 is 63.8 Å². The van der Waals surface area contributed by atoms with Gasteiger partial charge in [0, 0.05) is 36.9 Å². The van der Waals surface area contributed by atoms with Crippen LogP contribution in [0.3, 0.4) is 0 Å². The van der Waals surface area contributed by atoms with E-state index in [9.17, 15) is 0 Å². The summed E-state index contributed by atoms with van der Waals surface area (Å²) < 4.78 is 2.46. The minimum atomic E-state index is 0.735. The van der Waals surface area contributed by atoms with E-state index in [-0.39, 0.29) is 0 Å². The Labute approximate surface area is 287 Å². The van der Waals surface area contributed by atoms with Crippen LogP contribution in [0.15, 0.2) is 170 Å². The van der Waals surface area contributed by atoms with Crippen LogP contribution in [0.25, 0.3) is 97.5 Å². The van der Waals surface area contributed by atoms with E-state index in [0.29, 0.717) is 0 Å². The number of nitrogens with zero attached hydrogens (tertiary/aromatic N) is 2. The van der Waals surface area contributed by atoms with Crippen molar-refractivity contribution in [3.63, 3.8) is 0 Å². The Balaban J connectivity index is 1.24. The van der Waals surface area contributed by atoms with E-state index in [4.69, 9.17) is 9.97 Å². The second-order valence-electron chi connectivity index (χ2n) is 12.5. The highest BCUT2D eigenvalue weighted by atomic mass is 32.1. The van der Waals surface area contributed by atoms with E-state index < -0.39 is 0 Å². The number of rotatable bonds is 4. The highest BCUT2D eigenvalue weighted by Gasteiger charge is 2.19. The SMILES string of the molecule is c1ccc(-c2cc(-c3ccccc3)nc(-c3ccc(-c4ccc5c6ccccc6c6ccccc6c5c4)c4c3sc3ccccc34)n2)cc1. The second kappa shape index (κ2) is 11.2. The maximum atomic E-state index is 5.22. The third-order valence-electron chi connectivity index (χ3n) is 9.69. The van der Waals surface area contributed by atoms with Crippen molar-refractivity contribution in [1.29, 1.82) is 0 Å². The van der Waals surface area contributed by atoms with E-state index >= 15 is 0 Å². The number of fused-ring (bicyclic) bond motifs is 9. The molecule has 0 aliphatic rings. The summed E-state index contributed by atoms with van der Waals surface area (Å²) in [6, 6.07) is 60.7. The zero-order valence-corrected chi connectivity index (χ0v) is 27.3. The van der Waals surface area contributed by atoms with Crippen molar-refractivity contribution in [1.82, 2.24) is 9.97 Å². The molecule has 0 spiro atoms. The lowest BCUT2D eigenvalue weighted by molar-refractivity contribution is 1.19. The average Bonchev–Trinajstić information content (AvgIpc) is 3.58. The van der Waals surface area contributed by atoms with E-state index in [1.165, 1.54) is 63.6 Å². The molecule has 0 N–H and O–H groups in total. The first-order valence-corrected chi connectivity index (χ1v) is 17.4. The molecule has 0 saturated carbocycles. The van der Waals surface area contributed by atoms with E-state index in [2.05, 4.69) is 158 Å². The van der Waals surface area contributed by atoms with Crippen LogP contribution >= 0.6 is 11.3 Å². The molecular weight excluding hydrogens is 613 g/mol. The van der Waals surface area contributed by atoms with Crippen molar-refractivity contribution in [2.75, 3.05) is 0 Å². The summed E-state index contributed by atoms with van der Waals surface area (Å²) >= 11 is 1.82. The zero-order valence-electron chi connectivity index (χ0n) is 26.5. The van der Waals surface area contributed by atoms with Gasteiger partial charge in [0.15, 0.2) is 5.82 Å². The monoisotopic (exact) mass is 640 g/mol. The number of hydrogen-bond donors (Lipinski definition) is 0. The van der Waals surface area contributed by atoms with Crippen LogP contribution in [0.2, 0.25) is 0 Å². The molecule has 2 aromatic heterocycles. The first kappa shape index (κ1) is 27.9. The summed E-state index contributed by atoms with van der Waals surface area (Å²) in [7, 11) is 0. The summed E-state index contributed by atoms with van der Waals surface area (Å²) in [4.78, 5) is 10.4. The lowest BCUT2D eigenvalue weighted by Gasteiger charge is -2.14. The van der Waals surface area contributed by atoms with Gasteiger partial charge in [-0.25, -0.2) is 9.97 Å². The molecule has 0 atom stereocenters. The zero-order chi connectivity index (χ0) is 32.3. The Hall–Kier alpha value is -6.16. The average molecular weight is 641 g/mol. The summed E-state index contributed by atoms with van der Waals surface area (Å²) in [6.45, 7) is 0. The van der Waals surface area contributed by atoms with Gasteiger partial charge in [-0.3, -0.25) is 0 Å². The smallest absolute Gasteiger partial charge is 0.161 e. The van der Waals surface area contributed by atoms with Crippen molar-refractivity contribution in [2.24, 2.45) is 0 Å². The van der Waals surface area contributed by atoms with Gasteiger partial charge >= 0.3 is 0 Å². The molecule has 228 valence electrons. The summed E-state index contributed by atoms with van der Waals surface area (Å²) in [5.74, 6) is 0.735. The second-order valence-corrected chi connectivity index (χ2v) is 13.6. The Morgan fingerprint density at radius 2 is 0.837 bits per heavy atom. The predicted octanol–water partition coefficient (Wildman–Crippen LogP) is 13.0. The molecule has 49 heavy (non-hydrogen) atoms. The van der Waals surface area contributed by atoms with Gasteiger partial charge in [-0.1, -0.05) is 146 Å². The molecule has 10 aromatic rings. The highest BCUT2D eigenvalue weighted by Crippen LogP contribution is 2.46. The van der Waals surface area contributed by atoms with Gasteiger partial charge in [-0.15, -0.1) is 11.3 Å². The summed E-state index contributed by atoms with van der Waals surface area (Å²) in [5.41, 5.74) is 7.45. The van der Waals surface area contributed by atoms with Gasteiger partial charge in [0.2, 0.25) is 0 Å². The number of aromatic nitrogens is 2. The van der Waals surface area contributed by atoms with Crippen LogP contribution < -0.4 is 0 Å². The molecular formula is C46H28N2S. The Bertz CT molecular complexity index is 2780. The Kier molecular flexibility index (Phi) is 6.39. The number of benzene rings is 8. The van der Waals surface area contributed by atoms with Crippen molar-refractivity contribution in [3.8, 4) is 45.0 Å². The molecule has 8 aromatic carbocycles. The maximum absolute atomic E-state index is 5.22. The van der Waals surface area contributed by atoms with Crippen LogP contribution in [0.5, 0.6) is 0 Å². The molecule has 10 rings (SSSR count). The topological polar surface area (TPSA) is 25.8 Å². The number of hydrogen-bond acceptors (Lipinski definition) is 3. The van der Waals surface area contributed by atoms with Crippen molar-refractivity contribution in [3.05, 3.63) is 170 Å². The Morgan fingerprint density at radius 1 is 0.347 bits per heavy atom. The highest BCUT2D eigenvalue weighted by molar-refractivity contribution is 7.26. The standard InChI is InChI=1S/C46H28N2S/c1-3-13-29(14-4-1)41-28-42(30-15-5-2-6-16-30)48-46(47-41)39-26-25-32(44-38-21-11-12-22-43(38)49-45(39)44)31-23-24-37-35-19-8-7-17-33(35)34-18-9-10-20-36(34)40(37)27-31/h1-28H. The van der Waals surface area contributed by atoms with Crippen molar-refractivity contribution < 1.29 is 0 Å². The summed E-state index contributed by atoms with van der Waals surface area (Å²) in [6.07, 6.45) is 0.